The van der Waals surface area contributed by atoms with Crippen LogP contribution in [0, 0.1) is 5.92 Å². The summed E-state index contributed by atoms with van der Waals surface area (Å²) >= 11 is 0. The topological polar surface area (TPSA) is 84.8 Å². The molecule has 2 saturated heterocycles. The SMILES string of the molecule is COc1ccc(C2(O)O[C@H](COCc3ccccc3)[C@@H](C)[C@H](OCc3ccccc3)[C@H]2OCc2ccccc2)cc1C1OCCO1. The molecule has 0 saturated carbocycles. The summed E-state index contributed by atoms with van der Waals surface area (Å²) in [5.41, 5.74) is 4.18. The molecule has 0 spiro atoms. The van der Waals surface area contributed by atoms with Gasteiger partial charge in [0.2, 0.25) is 5.79 Å². The van der Waals surface area contributed by atoms with Crippen molar-refractivity contribution < 1.29 is 38.3 Å². The molecule has 242 valence electrons. The van der Waals surface area contributed by atoms with Gasteiger partial charge >= 0.3 is 0 Å². The number of benzene rings is 4. The highest BCUT2D eigenvalue weighted by Crippen LogP contribution is 2.44. The Morgan fingerprint density at radius 2 is 1.30 bits per heavy atom. The first-order valence-electron chi connectivity index (χ1n) is 15.8. The molecular weight excluding hydrogens is 584 g/mol. The second-order valence-electron chi connectivity index (χ2n) is 11.7. The first-order chi connectivity index (χ1) is 22.5. The van der Waals surface area contributed by atoms with E-state index in [0.29, 0.717) is 43.3 Å². The van der Waals surface area contributed by atoms with Crippen molar-refractivity contribution >= 4 is 0 Å². The fourth-order valence-corrected chi connectivity index (χ4v) is 6.05. The molecule has 0 aliphatic carbocycles. The van der Waals surface area contributed by atoms with Crippen LogP contribution in [0.4, 0.5) is 0 Å². The van der Waals surface area contributed by atoms with E-state index < -0.39 is 30.4 Å². The van der Waals surface area contributed by atoms with Crippen molar-refractivity contribution in [1.82, 2.24) is 0 Å². The minimum atomic E-state index is -1.91. The molecule has 0 amide bonds. The van der Waals surface area contributed by atoms with Gasteiger partial charge in [-0.15, -0.1) is 0 Å². The van der Waals surface area contributed by atoms with Crippen LogP contribution < -0.4 is 4.74 Å². The van der Waals surface area contributed by atoms with Gasteiger partial charge in [-0.3, -0.25) is 0 Å². The van der Waals surface area contributed by atoms with E-state index in [-0.39, 0.29) is 19.1 Å². The largest absolute Gasteiger partial charge is 0.496 e. The Hall–Kier alpha value is -3.60. The Bertz CT molecular complexity index is 1500. The Balaban J connectivity index is 1.36. The number of aliphatic hydroxyl groups is 1. The molecule has 2 fully saturated rings. The van der Waals surface area contributed by atoms with E-state index in [4.69, 9.17) is 33.2 Å². The quantitative estimate of drug-likeness (QED) is 0.185. The van der Waals surface area contributed by atoms with Gasteiger partial charge in [0.25, 0.3) is 0 Å². The van der Waals surface area contributed by atoms with Crippen molar-refractivity contribution in [3.8, 4) is 5.75 Å². The lowest BCUT2D eigenvalue weighted by Gasteiger charge is -2.50. The highest BCUT2D eigenvalue weighted by atomic mass is 16.7. The number of ether oxygens (including phenoxy) is 7. The summed E-state index contributed by atoms with van der Waals surface area (Å²) in [7, 11) is 1.60. The summed E-state index contributed by atoms with van der Waals surface area (Å²) in [6.45, 7) is 4.24. The van der Waals surface area contributed by atoms with Crippen molar-refractivity contribution in [2.45, 2.75) is 57.1 Å². The average molecular weight is 627 g/mol. The molecule has 8 nitrogen and oxygen atoms in total. The molecule has 8 heteroatoms. The second kappa shape index (κ2) is 15.3. The predicted octanol–water partition coefficient (Wildman–Crippen LogP) is 6.31. The van der Waals surface area contributed by atoms with Gasteiger partial charge in [0.1, 0.15) is 11.9 Å². The van der Waals surface area contributed by atoms with Gasteiger partial charge < -0.3 is 38.3 Å². The molecule has 2 aliphatic rings. The molecule has 4 aromatic carbocycles. The van der Waals surface area contributed by atoms with Gasteiger partial charge in [-0.2, -0.15) is 0 Å². The zero-order valence-corrected chi connectivity index (χ0v) is 26.3. The number of methoxy groups -OCH3 is 1. The molecule has 1 unspecified atom stereocenters. The van der Waals surface area contributed by atoms with Crippen LogP contribution in [0.2, 0.25) is 0 Å². The van der Waals surface area contributed by atoms with Crippen LogP contribution in [0.3, 0.4) is 0 Å². The van der Waals surface area contributed by atoms with E-state index in [1.807, 2.05) is 97.1 Å². The highest BCUT2D eigenvalue weighted by molar-refractivity contribution is 5.41. The second-order valence-corrected chi connectivity index (χ2v) is 11.7. The van der Waals surface area contributed by atoms with Crippen LogP contribution in [0.25, 0.3) is 0 Å². The van der Waals surface area contributed by atoms with E-state index in [2.05, 4.69) is 6.92 Å². The van der Waals surface area contributed by atoms with E-state index in [1.54, 1.807) is 19.2 Å². The lowest BCUT2D eigenvalue weighted by molar-refractivity contribution is -0.365. The zero-order valence-electron chi connectivity index (χ0n) is 26.3. The molecule has 0 bridgehead atoms. The molecule has 6 rings (SSSR count). The average Bonchev–Trinajstić information content (AvgIpc) is 3.65. The zero-order chi connectivity index (χ0) is 31.8. The molecule has 0 radical (unpaired) electrons. The Labute approximate surface area is 270 Å². The molecule has 46 heavy (non-hydrogen) atoms. The van der Waals surface area contributed by atoms with Crippen molar-refractivity contribution in [3.63, 3.8) is 0 Å². The number of rotatable bonds is 13. The van der Waals surface area contributed by atoms with Crippen LogP contribution in [-0.2, 0) is 54.0 Å². The van der Waals surface area contributed by atoms with Crippen LogP contribution >= 0.6 is 0 Å². The molecule has 0 aromatic heterocycles. The van der Waals surface area contributed by atoms with Crippen molar-refractivity contribution in [1.29, 1.82) is 0 Å². The smallest absolute Gasteiger partial charge is 0.222 e. The Morgan fingerprint density at radius 1 is 0.739 bits per heavy atom. The maximum atomic E-state index is 12.8. The van der Waals surface area contributed by atoms with Gasteiger partial charge in [-0.05, 0) is 34.9 Å². The maximum Gasteiger partial charge on any atom is 0.222 e. The van der Waals surface area contributed by atoms with E-state index in [1.165, 1.54) is 0 Å². The van der Waals surface area contributed by atoms with Crippen LogP contribution in [0.5, 0.6) is 5.75 Å². The summed E-state index contributed by atoms with van der Waals surface area (Å²) in [6.07, 6.45) is -2.60. The minimum Gasteiger partial charge on any atom is -0.496 e. The molecular formula is C38H42O8. The first-order valence-corrected chi connectivity index (χ1v) is 15.8. The predicted molar refractivity (Wildman–Crippen MR) is 172 cm³/mol. The molecule has 2 heterocycles. The van der Waals surface area contributed by atoms with Crippen molar-refractivity contribution in [2.75, 3.05) is 26.9 Å². The highest BCUT2D eigenvalue weighted by Gasteiger charge is 2.55. The van der Waals surface area contributed by atoms with Crippen LogP contribution in [0.15, 0.2) is 109 Å². The number of hydrogen-bond donors (Lipinski definition) is 1. The van der Waals surface area contributed by atoms with Gasteiger partial charge in [0.05, 0.1) is 64.5 Å². The summed E-state index contributed by atoms with van der Waals surface area (Å²) in [5, 5.41) is 12.8. The summed E-state index contributed by atoms with van der Waals surface area (Å²) < 4.78 is 43.5. The first kappa shape index (κ1) is 32.3. The van der Waals surface area contributed by atoms with Crippen molar-refractivity contribution in [3.05, 3.63) is 137 Å². The molecule has 2 aliphatic heterocycles. The Morgan fingerprint density at radius 3 is 1.89 bits per heavy atom. The van der Waals surface area contributed by atoms with Crippen LogP contribution in [-0.4, -0.2) is 50.3 Å². The summed E-state index contributed by atoms with van der Waals surface area (Å²) in [6, 6.07) is 35.3. The van der Waals surface area contributed by atoms with Crippen LogP contribution in [0.1, 0.15) is 41.0 Å². The summed E-state index contributed by atoms with van der Waals surface area (Å²) in [5.74, 6) is -1.52. The standard InChI is InChI=1S/C38H42O8/c1-27-34(26-41-23-28-12-6-3-7-13-28)46-38(39,31-18-19-33(40-2)32(22-31)37-42-20-21-43-37)36(45-25-30-16-10-5-11-17-30)35(27)44-24-29-14-8-4-9-15-29/h3-19,22,27,34-37,39H,20-21,23-26H2,1-2H3/t27-,34-,35+,36-,38?/m1/s1. The molecule has 1 N–H and O–H groups in total. The van der Waals surface area contributed by atoms with Gasteiger partial charge in [-0.25, -0.2) is 0 Å². The van der Waals surface area contributed by atoms with Gasteiger partial charge in [0, 0.05) is 11.5 Å². The van der Waals surface area contributed by atoms with Gasteiger partial charge in [-0.1, -0.05) is 97.9 Å². The fourth-order valence-electron chi connectivity index (χ4n) is 6.05. The minimum absolute atomic E-state index is 0.195. The Kier molecular flexibility index (Phi) is 10.8. The molecule has 5 atom stereocenters. The van der Waals surface area contributed by atoms with E-state index >= 15 is 0 Å². The third-order valence-electron chi connectivity index (χ3n) is 8.59. The number of hydrogen-bond acceptors (Lipinski definition) is 8. The van der Waals surface area contributed by atoms with Gasteiger partial charge in [0.15, 0.2) is 6.29 Å². The van der Waals surface area contributed by atoms with E-state index in [9.17, 15) is 5.11 Å². The molecule has 4 aromatic rings. The lowest BCUT2D eigenvalue weighted by atomic mass is 9.82. The third kappa shape index (κ3) is 7.51. The maximum absolute atomic E-state index is 12.8. The normalized spacial score (nSPS) is 25.0. The van der Waals surface area contributed by atoms with Crippen molar-refractivity contribution in [2.24, 2.45) is 5.92 Å². The fraction of sp³-hybridized carbons (Fsp3) is 0.368. The lowest BCUT2D eigenvalue weighted by Crippen LogP contribution is -2.62. The monoisotopic (exact) mass is 626 g/mol. The summed E-state index contributed by atoms with van der Waals surface area (Å²) in [4.78, 5) is 0. The van der Waals surface area contributed by atoms with E-state index in [0.717, 1.165) is 16.7 Å². The third-order valence-corrected chi connectivity index (χ3v) is 8.59.